The molecule has 82 valence electrons. The largest absolute Gasteiger partial charge is 2.00 e. The van der Waals surface area contributed by atoms with E-state index in [1.807, 2.05) is 0 Å². The van der Waals surface area contributed by atoms with Gasteiger partial charge >= 0.3 is 21.7 Å². The molecule has 0 unspecified atom stereocenters. The zero-order valence-corrected chi connectivity index (χ0v) is 10.8. The van der Waals surface area contributed by atoms with Gasteiger partial charge in [0.1, 0.15) is 0 Å². The summed E-state index contributed by atoms with van der Waals surface area (Å²) in [6.45, 7) is 5.39. The number of hydrogen-bond acceptors (Lipinski definition) is 4. The summed E-state index contributed by atoms with van der Waals surface area (Å²) in [6.07, 6.45) is 2.11. The van der Waals surface area contributed by atoms with Gasteiger partial charge in [-0.3, -0.25) is 12.8 Å². The first-order valence-corrected chi connectivity index (χ1v) is 3.97. The smallest absolute Gasteiger partial charge is 0.334 e. The molecule has 0 atom stereocenters. The number of rotatable bonds is 4. The number of hydrogen-bond donors (Lipinski definition) is 0. The minimum Gasteiger partial charge on any atom is -0.334 e. The van der Waals surface area contributed by atoms with Crippen molar-refractivity contribution in [3.63, 3.8) is 0 Å². The van der Waals surface area contributed by atoms with E-state index >= 15 is 0 Å². The van der Waals surface area contributed by atoms with Gasteiger partial charge in [-0.2, -0.15) is 0 Å². The Morgan fingerprint density at radius 1 is 0.600 bits per heavy atom. The summed E-state index contributed by atoms with van der Waals surface area (Å²) in [5.74, 6) is -0.750. The van der Waals surface area contributed by atoms with Crippen molar-refractivity contribution in [3.8, 4) is 0 Å². The molecule has 0 N–H and O–H groups in total. The Morgan fingerprint density at radius 2 is 0.733 bits per heavy atom. The quantitative estimate of drug-likeness (QED) is 0.416. The molecular formula is C10H14O4Ti. The van der Waals surface area contributed by atoms with Crippen molar-refractivity contribution in [1.82, 2.24) is 0 Å². The van der Waals surface area contributed by atoms with Crippen molar-refractivity contribution in [1.29, 1.82) is 0 Å². The minimum atomic E-state index is -0.187. The first-order valence-electron chi connectivity index (χ1n) is 3.97. The van der Waals surface area contributed by atoms with Gasteiger partial charge in [-0.15, -0.1) is 0 Å². The van der Waals surface area contributed by atoms with Gasteiger partial charge in [0, 0.05) is 23.1 Å². The van der Waals surface area contributed by atoms with Crippen LogP contribution in [0.1, 0.15) is 27.7 Å². The summed E-state index contributed by atoms with van der Waals surface area (Å²) in [4.78, 5) is 39.9. The van der Waals surface area contributed by atoms with Crippen LogP contribution in [0.3, 0.4) is 0 Å². The van der Waals surface area contributed by atoms with Crippen LogP contribution in [0.25, 0.3) is 0 Å². The minimum absolute atomic E-state index is 0. The van der Waals surface area contributed by atoms with Gasteiger partial charge in [0.15, 0.2) is 0 Å². The number of ketones is 4. The van der Waals surface area contributed by atoms with E-state index in [0.717, 1.165) is 12.8 Å². The van der Waals surface area contributed by atoms with Crippen molar-refractivity contribution in [3.05, 3.63) is 12.8 Å². The van der Waals surface area contributed by atoms with E-state index in [9.17, 15) is 19.2 Å². The van der Waals surface area contributed by atoms with Gasteiger partial charge in [0.25, 0.3) is 0 Å². The van der Waals surface area contributed by atoms with Crippen LogP contribution in [0.4, 0.5) is 0 Å². The average molecular weight is 246 g/mol. The Kier molecular flexibility index (Phi) is 14.7. The molecule has 0 aromatic carbocycles. The molecule has 0 heterocycles. The van der Waals surface area contributed by atoms with Crippen LogP contribution in [0, 0.1) is 12.8 Å². The van der Waals surface area contributed by atoms with E-state index < -0.39 is 0 Å². The molecule has 0 fully saturated rings. The van der Waals surface area contributed by atoms with Crippen LogP contribution in [-0.2, 0) is 40.9 Å². The van der Waals surface area contributed by atoms with Gasteiger partial charge in [-0.05, 0) is 27.7 Å². The van der Waals surface area contributed by atoms with Crippen LogP contribution in [-0.4, -0.2) is 23.1 Å². The first-order chi connectivity index (χ1) is 6.25. The fourth-order valence-corrected chi connectivity index (χ4v) is 0.572. The maximum atomic E-state index is 9.98. The Hall–Kier alpha value is -0.866. The van der Waals surface area contributed by atoms with E-state index in [0.29, 0.717) is 0 Å². The molecule has 0 rings (SSSR count). The molecule has 0 spiro atoms. The van der Waals surface area contributed by atoms with Gasteiger partial charge in [0.05, 0.1) is 0 Å². The molecule has 4 nitrogen and oxygen atoms in total. The van der Waals surface area contributed by atoms with Crippen molar-refractivity contribution >= 4 is 23.1 Å². The standard InChI is InChI=1S/2C5H7O2.Ti/c2*1-4(6)3-5(2)7;/h2*3H,1-2H3;/q2*-1;+2. The normalized spacial score (nSPS) is 7.20. The summed E-state index contributed by atoms with van der Waals surface area (Å²) in [7, 11) is 0. The van der Waals surface area contributed by atoms with Gasteiger partial charge in [-0.1, -0.05) is 0 Å². The third-order valence-corrected chi connectivity index (χ3v) is 0.813. The molecule has 0 aromatic rings. The van der Waals surface area contributed by atoms with Crippen LogP contribution in [0.15, 0.2) is 0 Å². The average Bonchev–Trinajstić information content (AvgIpc) is 1.79. The summed E-state index contributed by atoms with van der Waals surface area (Å²) in [5, 5.41) is 0. The molecule has 5 heteroatoms. The zero-order chi connectivity index (χ0) is 11.7. The summed E-state index contributed by atoms with van der Waals surface area (Å²) in [5.41, 5.74) is 0. The van der Waals surface area contributed by atoms with Gasteiger partial charge in [-0.25, -0.2) is 0 Å². The molecule has 0 saturated heterocycles. The van der Waals surface area contributed by atoms with Crippen LogP contribution in [0.5, 0.6) is 0 Å². The molecule has 0 bridgehead atoms. The molecule has 15 heavy (non-hydrogen) atoms. The Labute approximate surface area is 105 Å². The first kappa shape index (κ1) is 19.7. The third-order valence-electron chi connectivity index (χ3n) is 0.813. The Morgan fingerprint density at radius 3 is 0.733 bits per heavy atom. The third kappa shape index (κ3) is 32.0. The summed E-state index contributed by atoms with van der Waals surface area (Å²) < 4.78 is 0. The van der Waals surface area contributed by atoms with E-state index in [2.05, 4.69) is 0 Å². The predicted molar refractivity (Wildman–Crippen MR) is 51.3 cm³/mol. The second kappa shape index (κ2) is 11.2. The fourth-order valence-electron chi connectivity index (χ4n) is 0.572. The van der Waals surface area contributed by atoms with E-state index in [1.54, 1.807) is 0 Å². The molecule has 0 radical (unpaired) electrons. The number of Topliss-reactive ketones (excluding diaryl/α,β-unsaturated/α-hetero) is 4. The van der Waals surface area contributed by atoms with E-state index in [4.69, 9.17) is 0 Å². The monoisotopic (exact) mass is 246 g/mol. The second-order valence-corrected chi connectivity index (χ2v) is 2.73. The Bertz CT molecular complexity index is 196. The predicted octanol–water partition coefficient (Wildman–Crippen LogP) is 0.735. The van der Waals surface area contributed by atoms with Crippen molar-refractivity contribution < 1.29 is 40.9 Å². The molecule has 0 saturated carbocycles. The molecule has 0 aromatic heterocycles. The molecule has 0 aliphatic carbocycles. The molecule has 0 amide bonds. The Balaban J connectivity index is -0.000000180. The van der Waals surface area contributed by atoms with Crippen molar-refractivity contribution in [2.45, 2.75) is 27.7 Å². The summed E-state index contributed by atoms with van der Waals surface area (Å²) in [6, 6.07) is 0. The number of carbonyl (C=O) groups excluding carboxylic acids is 4. The van der Waals surface area contributed by atoms with E-state index in [-0.39, 0.29) is 44.9 Å². The fraction of sp³-hybridized carbons (Fsp3) is 0.400. The SMILES string of the molecule is CC(=O)[CH-]C(C)=O.CC(=O)[CH-]C(C)=O.[Ti+2]. The second-order valence-electron chi connectivity index (χ2n) is 2.73. The summed E-state index contributed by atoms with van der Waals surface area (Å²) >= 11 is 0. The maximum Gasteiger partial charge on any atom is 2.00 e. The molecular weight excluding hydrogens is 232 g/mol. The zero-order valence-electron chi connectivity index (χ0n) is 9.29. The van der Waals surface area contributed by atoms with Crippen LogP contribution < -0.4 is 0 Å². The number of carbonyl (C=O) groups is 4. The van der Waals surface area contributed by atoms with Gasteiger partial charge in [0.2, 0.25) is 0 Å². The van der Waals surface area contributed by atoms with Gasteiger partial charge < -0.3 is 19.2 Å². The van der Waals surface area contributed by atoms with Crippen LogP contribution in [0.2, 0.25) is 0 Å². The van der Waals surface area contributed by atoms with Crippen LogP contribution >= 0.6 is 0 Å². The maximum absolute atomic E-state index is 9.98. The topological polar surface area (TPSA) is 68.3 Å². The van der Waals surface area contributed by atoms with E-state index in [1.165, 1.54) is 27.7 Å². The van der Waals surface area contributed by atoms with Crippen molar-refractivity contribution in [2.75, 3.05) is 0 Å². The molecule has 0 aliphatic heterocycles. The molecule has 0 aliphatic rings. The van der Waals surface area contributed by atoms with Crippen molar-refractivity contribution in [2.24, 2.45) is 0 Å².